The molecule has 0 aromatic carbocycles. The van der Waals surface area contributed by atoms with Gasteiger partial charge in [-0.3, -0.25) is 0 Å². The molecule has 0 saturated carbocycles. The first-order valence-corrected chi connectivity index (χ1v) is 7.06. The highest BCUT2D eigenvalue weighted by molar-refractivity contribution is 5.36. The van der Waals surface area contributed by atoms with E-state index in [2.05, 4.69) is 49.9 Å². The van der Waals surface area contributed by atoms with Gasteiger partial charge >= 0.3 is 0 Å². The number of nitrogens with zero attached hydrogens (tertiary/aromatic N) is 3. The Hall–Kier alpha value is -1.16. The lowest BCUT2D eigenvalue weighted by molar-refractivity contribution is 0.526. The summed E-state index contributed by atoms with van der Waals surface area (Å²) in [5.74, 6) is 1.91. The number of rotatable bonds is 6. The first-order valence-electron chi connectivity index (χ1n) is 7.06. The first-order chi connectivity index (χ1) is 8.82. The summed E-state index contributed by atoms with van der Waals surface area (Å²) < 4.78 is 0. The van der Waals surface area contributed by atoms with Gasteiger partial charge in [-0.1, -0.05) is 20.8 Å². The molecule has 0 amide bonds. The summed E-state index contributed by atoms with van der Waals surface area (Å²) >= 11 is 0. The van der Waals surface area contributed by atoms with Crippen LogP contribution >= 0.6 is 0 Å². The van der Waals surface area contributed by atoms with Gasteiger partial charge in [0.05, 0.1) is 0 Å². The van der Waals surface area contributed by atoms with E-state index in [-0.39, 0.29) is 0 Å². The first kappa shape index (κ1) is 15.9. The van der Waals surface area contributed by atoms with E-state index in [9.17, 15) is 0 Å². The van der Waals surface area contributed by atoms with Crippen molar-refractivity contribution < 1.29 is 0 Å². The standard InChI is InChI=1S/C15H28N4/c1-10(2)8-16-9-11(3)14-12(4)17-15(19(6)7)18-13(14)5/h10-11,16H,8-9H2,1-7H3. The zero-order valence-electron chi connectivity index (χ0n) is 13.4. The number of hydrogen-bond donors (Lipinski definition) is 1. The molecule has 1 aromatic heterocycles. The smallest absolute Gasteiger partial charge is 0.225 e. The molecule has 1 heterocycles. The van der Waals surface area contributed by atoms with Gasteiger partial charge in [-0.15, -0.1) is 0 Å². The second-order valence-corrected chi connectivity index (χ2v) is 5.96. The molecule has 0 bridgehead atoms. The van der Waals surface area contributed by atoms with Gasteiger partial charge in [0.15, 0.2) is 0 Å². The van der Waals surface area contributed by atoms with Crippen molar-refractivity contribution >= 4 is 5.95 Å². The lowest BCUT2D eigenvalue weighted by atomic mass is 9.98. The fourth-order valence-electron chi connectivity index (χ4n) is 2.31. The van der Waals surface area contributed by atoms with Crippen LogP contribution in [0.25, 0.3) is 0 Å². The van der Waals surface area contributed by atoms with Crippen molar-refractivity contribution in [3.8, 4) is 0 Å². The summed E-state index contributed by atoms with van der Waals surface area (Å²) in [6.07, 6.45) is 0. The molecule has 4 heteroatoms. The Bertz CT molecular complexity index is 390. The highest BCUT2D eigenvalue weighted by Gasteiger charge is 2.15. The summed E-state index contributed by atoms with van der Waals surface area (Å²) in [6, 6.07) is 0. The average Bonchev–Trinajstić information content (AvgIpc) is 2.27. The average molecular weight is 264 g/mol. The molecule has 108 valence electrons. The van der Waals surface area contributed by atoms with E-state index in [1.54, 1.807) is 0 Å². The molecular formula is C15H28N4. The monoisotopic (exact) mass is 264 g/mol. The SMILES string of the molecule is Cc1nc(N(C)C)nc(C)c1C(C)CNCC(C)C. The van der Waals surface area contributed by atoms with Crippen molar-refractivity contribution in [1.82, 2.24) is 15.3 Å². The largest absolute Gasteiger partial charge is 0.347 e. The molecule has 0 spiro atoms. The molecule has 0 aliphatic carbocycles. The molecule has 4 nitrogen and oxygen atoms in total. The lowest BCUT2D eigenvalue weighted by Crippen LogP contribution is -2.25. The Labute approximate surface area is 117 Å². The van der Waals surface area contributed by atoms with E-state index >= 15 is 0 Å². The molecular weight excluding hydrogens is 236 g/mol. The molecule has 0 fully saturated rings. The quantitative estimate of drug-likeness (QED) is 0.857. The fraction of sp³-hybridized carbons (Fsp3) is 0.733. The van der Waals surface area contributed by atoms with Gasteiger partial charge in [0.25, 0.3) is 0 Å². The van der Waals surface area contributed by atoms with Gasteiger partial charge in [-0.05, 0) is 37.8 Å². The summed E-state index contributed by atoms with van der Waals surface area (Å²) in [5, 5.41) is 3.51. The highest BCUT2D eigenvalue weighted by atomic mass is 15.2. The summed E-state index contributed by atoms with van der Waals surface area (Å²) in [7, 11) is 3.95. The Kier molecular flexibility index (Phi) is 5.73. The summed E-state index contributed by atoms with van der Waals surface area (Å²) in [5.41, 5.74) is 3.46. The third-order valence-electron chi connectivity index (χ3n) is 3.21. The van der Waals surface area contributed by atoms with Crippen LogP contribution in [0, 0.1) is 19.8 Å². The van der Waals surface area contributed by atoms with E-state index in [1.165, 1.54) is 5.56 Å². The van der Waals surface area contributed by atoms with E-state index < -0.39 is 0 Å². The Morgan fingerprint density at radius 1 is 1.00 bits per heavy atom. The number of nitrogens with one attached hydrogen (secondary N) is 1. The van der Waals surface area contributed by atoms with Crippen LogP contribution in [0.2, 0.25) is 0 Å². The Morgan fingerprint density at radius 2 is 1.53 bits per heavy atom. The fourth-order valence-corrected chi connectivity index (χ4v) is 2.31. The molecule has 1 N–H and O–H groups in total. The van der Waals surface area contributed by atoms with Crippen LogP contribution in [0.4, 0.5) is 5.95 Å². The van der Waals surface area contributed by atoms with Gasteiger partial charge < -0.3 is 10.2 Å². The third-order valence-corrected chi connectivity index (χ3v) is 3.21. The van der Waals surface area contributed by atoms with Crippen molar-refractivity contribution in [2.24, 2.45) is 5.92 Å². The molecule has 19 heavy (non-hydrogen) atoms. The maximum absolute atomic E-state index is 4.58. The van der Waals surface area contributed by atoms with E-state index in [4.69, 9.17) is 0 Å². The second kappa shape index (κ2) is 6.85. The lowest BCUT2D eigenvalue weighted by Gasteiger charge is -2.20. The van der Waals surface area contributed by atoms with Crippen LogP contribution in [0.1, 0.15) is 43.6 Å². The van der Waals surface area contributed by atoms with Crippen LogP contribution in [-0.2, 0) is 0 Å². The Morgan fingerprint density at radius 3 is 1.95 bits per heavy atom. The maximum Gasteiger partial charge on any atom is 0.225 e. The summed E-state index contributed by atoms with van der Waals surface area (Å²) in [6.45, 7) is 12.9. The normalized spacial score (nSPS) is 12.8. The minimum Gasteiger partial charge on any atom is -0.347 e. The van der Waals surface area contributed by atoms with Crippen molar-refractivity contribution in [2.45, 2.75) is 40.5 Å². The van der Waals surface area contributed by atoms with Crippen molar-refractivity contribution in [1.29, 1.82) is 0 Å². The number of aryl methyl sites for hydroxylation is 2. The molecule has 1 aromatic rings. The van der Waals surface area contributed by atoms with Crippen LogP contribution in [0.15, 0.2) is 0 Å². The second-order valence-electron chi connectivity index (χ2n) is 5.96. The molecule has 0 radical (unpaired) electrons. The number of aromatic nitrogens is 2. The van der Waals surface area contributed by atoms with Crippen LogP contribution in [-0.4, -0.2) is 37.2 Å². The van der Waals surface area contributed by atoms with Crippen LogP contribution < -0.4 is 10.2 Å². The zero-order chi connectivity index (χ0) is 14.6. The molecule has 0 aliphatic rings. The Balaban J connectivity index is 2.82. The molecule has 1 rings (SSSR count). The van der Waals surface area contributed by atoms with Gasteiger partial charge in [-0.25, -0.2) is 9.97 Å². The highest BCUT2D eigenvalue weighted by Crippen LogP contribution is 2.22. The zero-order valence-corrected chi connectivity index (χ0v) is 13.4. The van der Waals surface area contributed by atoms with Crippen LogP contribution in [0.3, 0.4) is 0 Å². The topological polar surface area (TPSA) is 41.1 Å². The summed E-state index contributed by atoms with van der Waals surface area (Å²) in [4.78, 5) is 11.1. The predicted molar refractivity (Wildman–Crippen MR) is 82.0 cm³/mol. The maximum atomic E-state index is 4.58. The van der Waals surface area contributed by atoms with E-state index in [0.717, 1.165) is 30.4 Å². The van der Waals surface area contributed by atoms with Crippen molar-refractivity contribution in [3.63, 3.8) is 0 Å². The van der Waals surface area contributed by atoms with E-state index in [0.29, 0.717) is 11.8 Å². The molecule has 0 aliphatic heterocycles. The molecule has 1 unspecified atom stereocenters. The third kappa shape index (κ3) is 4.46. The minimum absolute atomic E-state index is 0.440. The molecule has 1 atom stereocenters. The van der Waals surface area contributed by atoms with Gasteiger partial charge in [-0.2, -0.15) is 0 Å². The van der Waals surface area contributed by atoms with Gasteiger partial charge in [0.2, 0.25) is 5.95 Å². The van der Waals surface area contributed by atoms with E-state index in [1.807, 2.05) is 19.0 Å². The number of hydrogen-bond acceptors (Lipinski definition) is 4. The van der Waals surface area contributed by atoms with Crippen molar-refractivity contribution in [3.05, 3.63) is 17.0 Å². The van der Waals surface area contributed by atoms with Gasteiger partial charge in [0, 0.05) is 32.0 Å². The van der Waals surface area contributed by atoms with Gasteiger partial charge in [0.1, 0.15) is 0 Å². The predicted octanol–water partition coefficient (Wildman–Crippen LogP) is 2.51. The van der Waals surface area contributed by atoms with Crippen molar-refractivity contribution in [2.75, 3.05) is 32.1 Å². The minimum atomic E-state index is 0.440. The molecule has 0 saturated heterocycles. The number of anilines is 1. The van der Waals surface area contributed by atoms with Crippen LogP contribution in [0.5, 0.6) is 0 Å².